The molecule has 1 aliphatic rings. The second kappa shape index (κ2) is 6.10. The molecule has 1 aliphatic heterocycles. The van der Waals surface area contributed by atoms with E-state index in [4.69, 9.17) is 0 Å². The first-order chi connectivity index (χ1) is 10.3. The van der Waals surface area contributed by atoms with Crippen molar-refractivity contribution in [2.24, 2.45) is 0 Å². The highest BCUT2D eigenvalue weighted by Gasteiger charge is 2.39. The molecule has 0 spiro atoms. The van der Waals surface area contributed by atoms with Crippen molar-refractivity contribution < 1.29 is 19.4 Å². The van der Waals surface area contributed by atoms with Crippen molar-refractivity contribution in [3.05, 3.63) is 38.4 Å². The Morgan fingerprint density at radius 2 is 1.82 bits per heavy atom. The number of anilines is 1. The van der Waals surface area contributed by atoms with E-state index >= 15 is 0 Å². The van der Waals surface area contributed by atoms with Crippen LogP contribution in [0.2, 0.25) is 0 Å². The van der Waals surface area contributed by atoms with Crippen LogP contribution in [-0.4, -0.2) is 32.7 Å². The highest BCUT2D eigenvalue weighted by Crippen LogP contribution is 2.40. The van der Waals surface area contributed by atoms with Crippen molar-refractivity contribution in [3.63, 3.8) is 0 Å². The first kappa shape index (κ1) is 15.9. The van der Waals surface area contributed by atoms with Gasteiger partial charge in [-0.25, -0.2) is 0 Å². The van der Waals surface area contributed by atoms with E-state index in [-0.39, 0.29) is 29.0 Å². The molecule has 1 unspecified atom stereocenters. The summed E-state index contributed by atoms with van der Waals surface area (Å²) in [5, 5.41) is 21.7. The highest BCUT2D eigenvalue weighted by molar-refractivity contribution is 8.14. The van der Waals surface area contributed by atoms with Crippen molar-refractivity contribution in [2.45, 2.75) is 18.6 Å². The van der Waals surface area contributed by atoms with Crippen molar-refractivity contribution in [2.75, 3.05) is 11.4 Å². The topological polar surface area (TPSA) is 124 Å². The molecular formula is C12H11N3O6S. The largest absolute Gasteiger partial charge is 0.300 e. The number of carbonyl (C=O) groups excluding carboxylic acids is 2. The molecule has 0 aromatic heterocycles. The Hall–Kier alpha value is -2.49. The van der Waals surface area contributed by atoms with Crippen LogP contribution in [0.1, 0.15) is 13.3 Å². The number of benzene rings is 1. The highest BCUT2D eigenvalue weighted by atomic mass is 32.2. The number of rotatable bonds is 4. The molecule has 0 N–H and O–H groups in total. The second-order valence-electron chi connectivity index (χ2n) is 4.60. The monoisotopic (exact) mass is 325 g/mol. The maximum absolute atomic E-state index is 12.1. The summed E-state index contributed by atoms with van der Waals surface area (Å²) in [5.74, 6) is -0.476. The Kier molecular flexibility index (Phi) is 4.40. The quantitative estimate of drug-likeness (QED) is 0.611. The molecule has 0 aliphatic carbocycles. The predicted molar refractivity (Wildman–Crippen MR) is 78.8 cm³/mol. The number of thioether (sulfide) groups is 1. The first-order valence-corrected chi connectivity index (χ1v) is 7.08. The van der Waals surface area contributed by atoms with E-state index in [0.717, 1.165) is 28.8 Å². The van der Waals surface area contributed by atoms with Gasteiger partial charge in [0.05, 0.1) is 9.85 Å². The van der Waals surface area contributed by atoms with Gasteiger partial charge < -0.3 is 0 Å². The summed E-state index contributed by atoms with van der Waals surface area (Å²) in [5.41, 5.74) is -1.33. The molecule has 0 radical (unpaired) electrons. The lowest BCUT2D eigenvalue weighted by atomic mass is 10.2. The molecule has 1 atom stereocenters. The Morgan fingerprint density at radius 3 is 2.27 bits per heavy atom. The Balaban J connectivity index is 2.47. The van der Waals surface area contributed by atoms with Crippen molar-refractivity contribution in [1.82, 2.24) is 0 Å². The predicted octanol–water partition coefficient (Wildman–Crippen LogP) is 1.89. The van der Waals surface area contributed by atoms with Gasteiger partial charge in [-0.15, -0.1) is 0 Å². The minimum atomic E-state index is -0.763. The molecule has 0 saturated carbocycles. The van der Waals surface area contributed by atoms with Gasteiger partial charge in [-0.2, -0.15) is 0 Å². The second-order valence-corrected chi connectivity index (χ2v) is 6.08. The fourth-order valence-corrected chi connectivity index (χ4v) is 3.21. The number of nitro benzene ring substituents is 2. The van der Waals surface area contributed by atoms with Gasteiger partial charge >= 0.3 is 0 Å². The van der Waals surface area contributed by atoms with Gasteiger partial charge in [-0.1, -0.05) is 11.8 Å². The molecule has 10 heteroatoms. The van der Waals surface area contributed by atoms with E-state index in [1.54, 1.807) is 0 Å². The lowest BCUT2D eigenvalue weighted by Crippen LogP contribution is -2.26. The smallest absolute Gasteiger partial charge is 0.300 e. The van der Waals surface area contributed by atoms with E-state index in [0.29, 0.717) is 0 Å². The third kappa shape index (κ3) is 3.06. The molecule has 0 bridgehead atoms. The fraction of sp³-hybridized carbons (Fsp3) is 0.333. The minimum Gasteiger partial charge on any atom is -0.300 e. The number of amides is 1. The van der Waals surface area contributed by atoms with Crippen LogP contribution >= 0.6 is 11.8 Å². The average Bonchev–Trinajstić information content (AvgIpc) is 2.77. The minimum absolute atomic E-state index is 0.00739. The fourth-order valence-electron chi connectivity index (χ4n) is 2.30. The van der Waals surface area contributed by atoms with Crippen LogP contribution in [-0.2, 0) is 9.59 Å². The number of hydrogen-bond donors (Lipinski definition) is 0. The van der Waals surface area contributed by atoms with E-state index in [9.17, 15) is 29.8 Å². The third-order valence-electron chi connectivity index (χ3n) is 3.08. The first-order valence-electron chi connectivity index (χ1n) is 6.20. The zero-order valence-electron chi connectivity index (χ0n) is 11.4. The van der Waals surface area contributed by atoms with Crippen molar-refractivity contribution in [1.29, 1.82) is 0 Å². The van der Waals surface area contributed by atoms with Crippen molar-refractivity contribution >= 4 is 39.8 Å². The molecule has 1 aromatic rings. The van der Waals surface area contributed by atoms with Gasteiger partial charge in [-0.05, 0) is 6.07 Å². The number of carbonyl (C=O) groups is 2. The Morgan fingerprint density at radius 1 is 1.27 bits per heavy atom. The van der Waals surface area contributed by atoms with Crippen LogP contribution in [0.3, 0.4) is 0 Å². The summed E-state index contributed by atoms with van der Waals surface area (Å²) < 4.78 is 0. The van der Waals surface area contributed by atoms with Crippen LogP contribution < -0.4 is 4.90 Å². The average molecular weight is 325 g/mol. The molecule has 1 heterocycles. The van der Waals surface area contributed by atoms with Gasteiger partial charge in [0.25, 0.3) is 11.4 Å². The van der Waals surface area contributed by atoms with E-state index in [1.165, 1.54) is 13.0 Å². The number of nitro groups is 2. The van der Waals surface area contributed by atoms with E-state index < -0.39 is 27.1 Å². The summed E-state index contributed by atoms with van der Waals surface area (Å²) in [6, 6.07) is 3.42. The zero-order valence-corrected chi connectivity index (χ0v) is 12.2. The third-order valence-corrected chi connectivity index (χ3v) is 4.06. The van der Waals surface area contributed by atoms with E-state index in [1.807, 2.05) is 0 Å². The standard InChI is InChI=1S/C12H11N3O6S/c1-7(16)22-8-5-11(17)13(6-8)12-9(14(18)19)3-2-4-10(12)15(20)21/h2-4,8H,5-6H2,1H3. The van der Waals surface area contributed by atoms with E-state index in [2.05, 4.69) is 0 Å². The van der Waals surface area contributed by atoms with Gasteiger partial charge in [0.2, 0.25) is 11.6 Å². The maximum atomic E-state index is 12.1. The van der Waals surface area contributed by atoms with Crippen LogP contribution in [0.5, 0.6) is 0 Å². The summed E-state index contributed by atoms with van der Waals surface area (Å²) in [7, 11) is 0. The SMILES string of the molecule is CC(=O)SC1CC(=O)N(c2c([N+](=O)[O-])cccc2[N+](=O)[O-])C1. The summed E-state index contributed by atoms with van der Waals surface area (Å²) in [6.07, 6.45) is 0.00739. The van der Waals surface area contributed by atoms with Crippen LogP contribution in [0.4, 0.5) is 17.1 Å². The molecular weight excluding hydrogens is 314 g/mol. The molecule has 1 aromatic carbocycles. The summed E-state index contributed by atoms with van der Waals surface area (Å²) in [4.78, 5) is 44.9. The number of para-hydroxylation sites is 1. The molecule has 22 heavy (non-hydrogen) atoms. The molecule has 1 fully saturated rings. The van der Waals surface area contributed by atoms with Gasteiger partial charge in [-0.3, -0.25) is 34.7 Å². The Labute approximate surface area is 128 Å². The van der Waals surface area contributed by atoms with Crippen LogP contribution in [0.25, 0.3) is 0 Å². The lowest BCUT2D eigenvalue weighted by Gasteiger charge is -2.16. The molecule has 1 amide bonds. The number of hydrogen-bond acceptors (Lipinski definition) is 7. The number of nitrogens with zero attached hydrogens (tertiary/aromatic N) is 3. The molecule has 1 saturated heterocycles. The molecule has 2 rings (SSSR count). The Bertz CT molecular complexity index is 645. The lowest BCUT2D eigenvalue weighted by molar-refractivity contribution is -0.392. The summed E-state index contributed by atoms with van der Waals surface area (Å²) >= 11 is 0.952. The normalized spacial score (nSPS) is 17.6. The van der Waals surface area contributed by atoms with Gasteiger partial charge in [0, 0.05) is 37.3 Å². The van der Waals surface area contributed by atoms with Crippen molar-refractivity contribution in [3.8, 4) is 0 Å². The zero-order chi connectivity index (χ0) is 16.4. The molecule has 9 nitrogen and oxygen atoms in total. The van der Waals surface area contributed by atoms with Crippen LogP contribution in [0.15, 0.2) is 18.2 Å². The summed E-state index contributed by atoms with van der Waals surface area (Å²) in [6.45, 7) is 1.37. The van der Waals surface area contributed by atoms with Gasteiger partial charge in [0.1, 0.15) is 0 Å². The van der Waals surface area contributed by atoms with Gasteiger partial charge in [0.15, 0.2) is 5.12 Å². The van der Waals surface area contributed by atoms with Crippen LogP contribution in [0, 0.1) is 20.2 Å². The maximum Gasteiger partial charge on any atom is 0.300 e. The molecule has 116 valence electrons.